The van der Waals surface area contributed by atoms with Gasteiger partial charge in [0, 0.05) is 45.1 Å². The van der Waals surface area contributed by atoms with E-state index in [4.69, 9.17) is 4.98 Å². The van der Waals surface area contributed by atoms with Crippen LogP contribution in [-0.2, 0) is 30.5 Å². The van der Waals surface area contributed by atoms with Crippen molar-refractivity contribution >= 4 is 52.1 Å². The number of aromatic nitrogens is 1. The minimum Gasteiger partial charge on any atom is -0.348 e. The van der Waals surface area contributed by atoms with Gasteiger partial charge in [-0.2, -0.15) is 5.01 Å². The van der Waals surface area contributed by atoms with Crippen LogP contribution in [0.15, 0.2) is 59.2 Å². The van der Waals surface area contributed by atoms with Gasteiger partial charge in [-0.1, -0.05) is 139 Å². The Hall–Kier alpha value is -4.90. The van der Waals surface area contributed by atoms with Gasteiger partial charge in [0.25, 0.3) is 17.7 Å². The monoisotopic (exact) mass is 892 g/mol. The first kappa shape index (κ1) is 50.1. The number of hydrogen-bond acceptors (Lipinski definition) is 8. The van der Waals surface area contributed by atoms with E-state index in [0.717, 1.165) is 112 Å². The Kier molecular flexibility index (Phi) is 18.3. The highest BCUT2D eigenvalue weighted by atomic mass is 32.1. The number of rotatable bonds is 20. The highest BCUT2D eigenvalue weighted by Gasteiger charge is 2.43. The van der Waals surface area contributed by atoms with Gasteiger partial charge in [0.2, 0.25) is 11.8 Å². The molecule has 2 unspecified atom stereocenters. The van der Waals surface area contributed by atoms with Crippen molar-refractivity contribution in [3.63, 3.8) is 0 Å². The molecule has 10 nitrogen and oxygen atoms in total. The highest BCUT2D eigenvalue weighted by Crippen LogP contribution is 2.43. The Bertz CT molecular complexity index is 2160. The van der Waals surface area contributed by atoms with Crippen LogP contribution in [0.25, 0.3) is 17.3 Å². The summed E-state index contributed by atoms with van der Waals surface area (Å²) < 4.78 is 0. The third kappa shape index (κ3) is 11.9. The van der Waals surface area contributed by atoms with Crippen molar-refractivity contribution in [2.24, 2.45) is 11.8 Å². The number of imide groups is 2. The summed E-state index contributed by atoms with van der Waals surface area (Å²) in [4.78, 5) is 79.6. The minimum absolute atomic E-state index is 0.0732. The number of amides is 5. The summed E-state index contributed by atoms with van der Waals surface area (Å²) in [6.07, 6.45) is 16.9. The second kappa shape index (κ2) is 23.3. The number of carbonyl (C=O) groups excluding carboxylic acids is 5. The molecular formula is C53H73N5O5S. The topological polar surface area (TPSA) is 111 Å². The first-order valence-corrected chi connectivity index (χ1v) is 24.8. The van der Waals surface area contributed by atoms with Gasteiger partial charge in [0.1, 0.15) is 5.57 Å². The van der Waals surface area contributed by atoms with E-state index >= 15 is 0 Å². The van der Waals surface area contributed by atoms with Crippen molar-refractivity contribution in [2.75, 3.05) is 25.0 Å². The second-order valence-corrected chi connectivity index (χ2v) is 19.2. The Morgan fingerprint density at radius 2 is 1.41 bits per heavy atom. The van der Waals surface area contributed by atoms with Gasteiger partial charge in [-0.3, -0.25) is 28.9 Å². The van der Waals surface area contributed by atoms with E-state index < -0.39 is 29.5 Å². The van der Waals surface area contributed by atoms with Gasteiger partial charge in [-0.25, -0.2) is 9.99 Å². The summed E-state index contributed by atoms with van der Waals surface area (Å²) in [5, 5.41) is 2.55. The molecule has 1 aromatic heterocycles. The lowest BCUT2D eigenvalue weighted by Gasteiger charge is -2.35. The van der Waals surface area contributed by atoms with E-state index in [1.807, 2.05) is 18.2 Å². The number of thiazole rings is 1. The van der Waals surface area contributed by atoms with Crippen LogP contribution in [0.4, 0.5) is 5.13 Å². The lowest BCUT2D eigenvalue weighted by molar-refractivity contribution is -0.167. The average molecular weight is 892 g/mol. The van der Waals surface area contributed by atoms with Crippen LogP contribution in [0.2, 0.25) is 0 Å². The molecule has 0 saturated heterocycles. The van der Waals surface area contributed by atoms with Crippen molar-refractivity contribution in [3.8, 4) is 11.3 Å². The summed E-state index contributed by atoms with van der Waals surface area (Å²) >= 11 is 1.53. The fraction of sp³-hybridized carbons (Fsp3) is 0.547. The van der Waals surface area contributed by atoms with Gasteiger partial charge in [0.15, 0.2) is 5.13 Å². The Morgan fingerprint density at radius 3 is 1.92 bits per heavy atom. The van der Waals surface area contributed by atoms with Crippen LogP contribution in [0.5, 0.6) is 0 Å². The SMILES string of the molecule is CCCCC(CC)CN(CC(CC)CCCC)c1nc(-c2c(C)cc(C3CCCCC3)cc2C)c(/C=C2\C(=O)N(N(C)C(C)=O)C(=O)C(C(=O)N(Cc3ccccc3)C(C)=O)=C2C)s1. The van der Waals surface area contributed by atoms with Crippen molar-refractivity contribution in [1.82, 2.24) is 19.9 Å². The molecule has 64 heavy (non-hydrogen) atoms. The number of nitrogens with zero attached hydrogens (tertiary/aromatic N) is 5. The van der Waals surface area contributed by atoms with Crippen molar-refractivity contribution in [2.45, 2.75) is 158 Å². The van der Waals surface area contributed by atoms with Crippen LogP contribution >= 0.6 is 11.3 Å². The van der Waals surface area contributed by atoms with E-state index in [9.17, 15) is 24.0 Å². The first-order chi connectivity index (χ1) is 30.6. The number of unbranched alkanes of at least 4 members (excludes halogenated alkanes) is 2. The number of carbonyl (C=O) groups is 5. The van der Waals surface area contributed by atoms with Crippen LogP contribution < -0.4 is 4.90 Å². The number of hydrogen-bond donors (Lipinski definition) is 0. The predicted molar refractivity (Wildman–Crippen MR) is 260 cm³/mol. The summed E-state index contributed by atoms with van der Waals surface area (Å²) in [6.45, 7) is 19.1. The van der Waals surface area contributed by atoms with Crippen LogP contribution in [0, 0.1) is 25.7 Å². The molecule has 2 heterocycles. The summed E-state index contributed by atoms with van der Waals surface area (Å²) in [5.74, 6) is -2.16. The molecule has 0 radical (unpaired) electrons. The van der Waals surface area contributed by atoms with Gasteiger partial charge in [-0.05, 0) is 98.1 Å². The van der Waals surface area contributed by atoms with E-state index in [1.54, 1.807) is 25.1 Å². The molecule has 0 bridgehead atoms. The summed E-state index contributed by atoms with van der Waals surface area (Å²) in [5.41, 5.74) is 5.91. The molecule has 1 aliphatic carbocycles. The molecule has 0 spiro atoms. The molecule has 2 atom stereocenters. The number of hydrazine groups is 1. The van der Waals surface area contributed by atoms with Crippen LogP contribution in [-0.4, -0.2) is 69.6 Å². The molecule has 1 aliphatic heterocycles. The van der Waals surface area contributed by atoms with E-state index in [2.05, 4.69) is 58.6 Å². The Morgan fingerprint density at radius 1 is 0.828 bits per heavy atom. The van der Waals surface area contributed by atoms with Gasteiger partial charge >= 0.3 is 0 Å². The molecule has 3 aromatic rings. The standard InChI is InChI=1S/C53H73N5O5S/c1-11-15-23-40(13-3)32-56(33-41(14-4)24-16-12-2)53-54-49(47-35(5)29-44(30-36(47)6)43-27-21-18-22-28-43)46(64-53)31-45-37(7)48(52(63)58(50(45)61)55(10)38(8)59)51(62)57(39(9)60)34-42-25-19-17-20-26-42/h17,19-20,25-26,29-31,40-41,43H,11-16,18,21-24,27-28,32-34H2,1-10H3/b45-31-. The largest absolute Gasteiger partial charge is 0.348 e. The van der Waals surface area contributed by atoms with E-state index in [0.29, 0.717) is 23.3 Å². The normalized spacial score (nSPS) is 16.3. The molecule has 2 aliphatic rings. The lowest BCUT2D eigenvalue weighted by Crippen LogP contribution is -2.55. The minimum atomic E-state index is -0.960. The van der Waals surface area contributed by atoms with Crippen LogP contribution in [0.3, 0.4) is 0 Å². The van der Waals surface area contributed by atoms with Crippen molar-refractivity contribution < 1.29 is 24.0 Å². The number of anilines is 1. The lowest BCUT2D eigenvalue weighted by atomic mass is 9.82. The predicted octanol–water partition coefficient (Wildman–Crippen LogP) is 11.8. The zero-order valence-electron chi connectivity index (χ0n) is 40.4. The zero-order valence-corrected chi connectivity index (χ0v) is 41.2. The molecule has 2 aromatic carbocycles. The third-order valence-corrected chi connectivity index (χ3v) is 14.5. The molecule has 0 N–H and O–H groups in total. The summed E-state index contributed by atoms with van der Waals surface area (Å²) in [7, 11) is 1.34. The maximum absolute atomic E-state index is 14.8. The Balaban J connectivity index is 1.77. The Labute approximate surface area is 387 Å². The zero-order chi connectivity index (χ0) is 46.7. The fourth-order valence-corrected chi connectivity index (χ4v) is 10.5. The summed E-state index contributed by atoms with van der Waals surface area (Å²) in [6, 6.07) is 13.7. The number of benzene rings is 2. The second-order valence-electron chi connectivity index (χ2n) is 18.2. The molecule has 5 amide bonds. The smallest absolute Gasteiger partial charge is 0.285 e. The van der Waals surface area contributed by atoms with Crippen molar-refractivity contribution in [3.05, 3.63) is 86.3 Å². The quantitative estimate of drug-likeness (QED) is 0.0631. The molecule has 11 heteroatoms. The maximum atomic E-state index is 14.8. The molecule has 1 fully saturated rings. The average Bonchev–Trinajstić information content (AvgIpc) is 3.69. The van der Waals surface area contributed by atoms with Gasteiger partial charge in [-0.15, -0.1) is 0 Å². The van der Waals surface area contributed by atoms with Crippen LogP contribution in [0.1, 0.15) is 165 Å². The van der Waals surface area contributed by atoms with Gasteiger partial charge in [0.05, 0.1) is 17.1 Å². The molecular weight excluding hydrogens is 819 g/mol. The third-order valence-electron chi connectivity index (χ3n) is 13.5. The highest BCUT2D eigenvalue weighted by molar-refractivity contribution is 7.17. The molecule has 5 rings (SSSR count). The maximum Gasteiger partial charge on any atom is 0.285 e. The first-order valence-electron chi connectivity index (χ1n) is 23.9. The van der Waals surface area contributed by atoms with Gasteiger partial charge < -0.3 is 4.90 Å². The number of aryl methyl sites for hydroxylation is 2. The van der Waals surface area contributed by atoms with E-state index in [-0.39, 0.29) is 23.3 Å². The molecule has 346 valence electrons. The molecule has 1 saturated carbocycles. The van der Waals surface area contributed by atoms with Crippen molar-refractivity contribution in [1.29, 1.82) is 0 Å². The van der Waals surface area contributed by atoms with E-state index in [1.165, 1.54) is 69.9 Å². The fourth-order valence-electron chi connectivity index (χ4n) is 9.42.